The first-order valence-corrected chi connectivity index (χ1v) is 9.46. The summed E-state index contributed by atoms with van der Waals surface area (Å²) in [5.74, 6) is 0.0632. The SMILES string of the molecule is C=CC(=O)Oc1ccc(-c2cc[c-]cc2)cc1.C[CH-]CCCCCC.[O]=[Co]. The van der Waals surface area contributed by atoms with E-state index in [0.717, 1.165) is 17.2 Å². The van der Waals surface area contributed by atoms with Crippen molar-refractivity contribution in [3.63, 3.8) is 0 Å². The Labute approximate surface area is 171 Å². The second kappa shape index (κ2) is 17.4. The quantitative estimate of drug-likeness (QED) is 0.168. The molecule has 2 aromatic rings. The third-order valence-electron chi connectivity index (χ3n) is 3.64. The van der Waals surface area contributed by atoms with Crippen molar-refractivity contribution in [2.24, 2.45) is 0 Å². The zero-order valence-corrected chi connectivity index (χ0v) is 17.1. The van der Waals surface area contributed by atoms with Gasteiger partial charge in [-0.05, 0) is 17.7 Å². The van der Waals surface area contributed by atoms with E-state index in [4.69, 9.17) is 8.60 Å². The number of benzene rings is 2. The molecule has 0 heterocycles. The Bertz CT molecular complexity index is 618. The van der Waals surface area contributed by atoms with Crippen molar-refractivity contribution >= 4 is 5.97 Å². The van der Waals surface area contributed by atoms with Crippen LogP contribution in [0.2, 0.25) is 0 Å². The normalized spacial score (nSPS) is 9.15. The van der Waals surface area contributed by atoms with Gasteiger partial charge in [-0.1, -0.05) is 51.3 Å². The maximum atomic E-state index is 11.0. The Morgan fingerprint density at radius 2 is 1.67 bits per heavy atom. The Balaban J connectivity index is 0.000000574. The third kappa shape index (κ3) is 12.1. The molecule has 4 heteroatoms. The first kappa shape index (κ1) is 25.0. The summed E-state index contributed by atoms with van der Waals surface area (Å²) in [5, 5.41) is 0. The number of carbonyl (C=O) groups is 1. The average molecular weight is 411 g/mol. The van der Waals surface area contributed by atoms with E-state index in [9.17, 15) is 4.79 Å². The molecule has 0 bridgehead atoms. The third-order valence-corrected chi connectivity index (χ3v) is 3.64. The second-order valence-electron chi connectivity index (χ2n) is 5.70. The molecule has 0 aliphatic carbocycles. The van der Waals surface area contributed by atoms with E-state index < -0.39 is 5.97 Å². The minimum absolute atomic E-state index is 0.452. The molecule has 149 valence electrons. The van der Waals surface area contributed by atoms with Crippen LogP contribution in [0.15, 0.2) is 61.2 Å². The Hall–Kier alpha value is -2.04. The van der Waals surface area contributed by atoms with Gasteiger partial charge < -0.3 is 11.2 Å². The molecule has 0 aliphatic rings. The van der Waals surface area contributed by atoms with Crippen LogP contribution in [-0.4, -0.2) is 5.97 Å². The van der Waals surface area contributed by atoms with Crippen molar-refractivity contribution in [1.29, 1.82) is 0 Å². The Morgan fingerprint density at radius 3 is 2.19 bits per heavy atom. The molecule has 0 amide bonds. The van der Waals surface area contributed by atoms with Crippen LogP contribution in [-0.2, 0) is 24.3 Å². The first-order chi connectivity index (χ1) is 13.2. The molecule has 0 saturated heterocycles. The standard InChI is InChI=1S/C15H11O2.C8H17.Co.O/c1-2-15(16)17-14-10-8-13(9-11-14)12-6-4-3-5-7-12;1-3-5-7-8-6-4-2;;/h2,4-11H,1H2;3H,4-8H2,1-2H3;;/q2*-1;;. The number of unbranched alkanes of at least 4 members (excludes halogenated alkanes) is 5. The van der Waals surface area contributed by atoms with Crippen molar-refractivity contribution in [2.75, 3.05) is 0 Å². The molecule has 0 aromatic heterocycles. The summed E-state index contributed by atoms with van der Waals surface area (Å²) in [5.41, 5.74) is 2.17. The molecule has 0 atom stereocenters. The number of hydrogen-bond acceptors (Lipinski definition) is 3. The van der Waals surface area contributed by atoms with Crippen LogP contribution >= 0.6 is 0 Å². The van der Waals surface area contributed by atoms with Crippen molar-refractivity contribution < 1.29 is 29.1 Å². The van der Waals surface area contributed by atoms with E-state index in [-0.39, 0.29) is 0 Å². The van der Waals surface area contributed by atoms with Gasteiger partial charge in [0.1, 0.15) is 5.75 Å². The van der Waals surface area contributed by atoms with Crippen LogP contribution in [0, 0.1) is 12.5 Å². The van der Waals surface area contributed by atoms with E-state index in [1.165, 1.54) is 32.1 Å². The topological polar surface area (TPSA) is 43.4 Å². The molecule has 0 fully saturated rings. The van der Waals surface area contributed by atoms with Crippen LogP contribution in [0.5, 0.6) is 5.75 Å². The Morgan fingerprint density at radius 1 is 1.07 bits per heavy atom. The fourth-order valence-corrected chi connectivity index (χ4v) is 2.23. The van der Waals surface area contributed by atoms with Crippen LogP contribution in [0.1, 0.15) is 46.0 Å². The zero-order valence-electron chi connectivity index (χ0n) is 16.1. The number of carbonyl (C=O) groups excluding carboxylic acids is 1. The van der Waals surface area contributed by atoms with Gasteiger partial charge in [-0.25, -0.2) is 4.79 Å². The van der Waals surface area contributed by atoms with Crippen molar-refractivity contribution in [3.8, 4) is 16.9 Å². The van der Waals surface area contributed by atoms with E-state index in [2.05, 4.69) is 48.6 Å². The molecule has 0 spiro atoms. The van der Waals surface area contributed by atoms with Crippen LogP contribution in [0.4, 0.5) is 0 Å². The van der Waals surface area contributed by atoms with Crippen LogP contribution in [0.3, 0.4) is 0 Å². The molecular weight excluding hydrogens is 383 g/mol. The van der Waals surface area contributed by atoms with Gasteiger partial charge in [0.2, 0.25) is 0 Å². The first-order valence-electron chi connectivity index (χ1n) is 9.03. The van der Waals surface area contributed by atoms with Gasteiger partial charge in [0.05, 0.1) is 0 Å². The summed E-state index contributed by atoms with van der Waals surface area (Å²) in [7, 11) is 0. The number of esters is 1. The molecule has 27 heavy (non-hydrogen) atoms. The maximum absolute atomic E-state index is 11.0. The molecular formula is C23H28CoO3-2. The predicted molar refractivity (Wildman–Crippen MR) is 106 cm³/mol. The fourth-order valence-electron chi connectivity index (χ4n) is 2.23. The van der Waals surface area contributed by atoms with Crippen molar-refractivity contribution in [2.45, 2.75) is 46.0 Å². The molecule has 0 unspecified atom stereocenters. The molecule has 0 radical (unpaired) electrons. The van der Waals surface area contributed by atoms with Crippen molar-refractivity contribution in [1.82, 2.24) is 0 Å². The van der Waals surface area contributed by atoms with Gasteiger partial charge in [0.15, 0.2) is 0 Å². The average Bonchev–Trinajstić information content (AvgIpc) is 2.74. The number of hydrogen-bond donors (Lipinski definition) is 0. The minimum atomic E-state index is -0.452. The second-order valence-corrected chi connectivity index (χ2v) is 5.70. The molecule has 0 saturated carbocycles. The Kier molecular flexibility index (Phi) is 16.1. The summed E-state index contributed by atoms with van der Waals surface area (Å²) < 4.78 is 12.9. The summed E-state index contributed by atoms with van der Waals surface area (Å²) >= 11 is 2.31. The van der Waals surface area contributed by atoms with Crippen LogP contribution in [0.25, 0.3) is 11.1 Å². The van der Waals surface area contributed by atoms with Gasteiger partial charge in [-0.3, -0.25) is 0 Å². The van der Waals surface area contributed by atoms with Crippen molar-refractivity contribution in [3.05, 3.63) is 73.7 Å². The van der Waals surface area contributed by atoms with Gasteiger partial charge >= 0.3 is 25.5 Å². The predicted octanol–water partition coefficient (Wildman–Crippen LogP) is 6.30. The summed E-state index contributed by atoms with van der Waals surface area (Å²) in [6.07, 6.45) is 10.3. The van der Waals surface area contributed by atoms with E-state index in [0.29, 0.717) is 5.75 Å². The molecule has 0 N–H and O–H groups in total. The van der Waals surface area contributed by atoms with E-state index >= 15 is 0 Å². The zero-order chi connectivity index (χ0) is 20.3. The number of rotatable bonds is 8. The van der Waals surface area contributed by atoms with Gasteiger partial charge in [0, 0.05) is 6.08 Å². The molecule has 2 aromatic carbocycles. The van der Waals surface area contributed by atoms with Gasteiger partial charge in [-0.2, -0.15) is 43.7 Å². The number of ether oxygens (including phenoxy) is 1. The van der Waals surface area contributed by atoms with Gasteiger partial charge in [-0.15, -0.1) is 5.56 Å². The van der Waals surface area contributed by atoms with Gasteiger partial charge in [0.25, 0.3) is 0 Å². The van der Waals surface area contributed by atoms with E-state index in [1.54, 1.807) is 12.1 Å². The summed E-state index contributed by atoms with van der Waals surface area (Å²) in [6.45, 7) is 7.72. The fraction of sp³-hybridized carbons (Fsp3) is 0.304. The summed E-state index contributed by atoms with van der Waals surface area (Å²) in [4.78, 5) is 11.0. The molecule has 2 rings (SSSR count). The van der Waals surface area contributed by atoms with E-state index in [1.807, 2.05) is 36.4 Å². The summed E-state index contributed by atoms with van der Waals surface area (Å²) in [6, 6.07) is 18.0. The molecule has 3 nitrogen and oxygen atoms in total. The van der Waals surface area contributed by atoms with Crippen LogP contribution < -0.4 is 4.74 Å². The monoisotopic (exact) mass is 411 g/mol. The molecule has 0 aliphatic heterocycles.